The summed E-state index contributed by atoms with van der Waals surface area (Å²) in [6.45, 7) is 0.872. The maximum atomic E-state index is 13.1. The number of alkyl halides is 3. The first-order valence-electron chi connectivity index (χ1n) is 7.19. The van der Waals surface area contributed by atoms with Crippen LogP contribution in [0.4, 0.5) is 13.2 Å². The molecular formula is C13H20F3N3O2. The molecule has 0 spiro atoms. The molecule has 1 saturated heterocycles. The largest absolute Gasteiger partial charge is 0.392 e. The molecule has 1 aliphatic heterocycles. The van der Waals surface area contributed by atoms with E-state index in [2.05, 4.69) is 5.32 Å². The third-order valence-corrected chi connectivity index (χ3v) is 4.36. The fraction of sp³-hybridized carbons (Fsp3) is 0.846. The number of amides is 2. The van der Waals surface area contributed by atoms with Gasteiger partial charge in [0.1, 0.15) is 6.04 Å². The summed E-state index contributed by atoms with van der Waals surface area (Å²) in [5.74, 6) is -3.96. The molecule has 5 nitrogen and oxygen atoms in total. The van der Waals surface area contributed by atoms with E-state index in [0.717, 1.165) is 0 Å². The molecule has 2 rings (SSSR count). The number of carbonyl (C=O) groups is 2. The Labute approximate surface area is 121 Å². The summed E-state index contributed by atoms with van der Waals surface area (Å²) >= 11 is 0. The van der Waals surface area contributed by atoms with Gasteiger partial charge < -0.3 is 16.0 Å². The Balaban J connectivity index is 2.17. The summed E-state index contributed by atoms with van der Waals surface area (Å²) in [6, 6.07) is -0.859. The summed E-state index contributed by atoms with van der Waals surface area (Å²) in [6.07, 6.45) is -3.09. The second kappa shape index (κ2) is 6.21. The molecule has 0 aromatic rings. The van der Waals surface area contributed by atoms with Crippen LogP contribution in [0.15, 0.2) is 0 Å². The zero-order valence-electron chi connectivity index (χ0n) is 11.7. The normalized spacial score (nSPS) is 31.0. The summed E-state index contributed by atoms with van der Waals surface area (Å²) in [5.41, 5.74) is 5.25. The Morgan fingerprint density at radius 1 is 1.19 bits per heavy atom. The minimum atomic E-state index is -4.38. The third-order valence-electron chi connectivity index (χ3n) is 4.36. The molecular weight excluding hydrogens is 287 g/mol. The average molecular weight is 307 g/mol. The third kappa shape index (κ3) is 3.48. The van der Waals surface area contributed by atoms with Crippen molar-refractivity contribution in [2.45, 2.75) is 37.9 Å². The molecule has 0 radical (unpaired) electrons. The Morgan fingerprint density at radius 3 is 2.48 bits per heavy atom. The molecule has 1 heterocycles. The van der Waals surface area contributed by atoms with Crippen molar-refractivity contribution in [3.05, 3.63) is 0 Å². The van der Waals surface area contributed by atoms with Gasteiger partial charge in [-0.3, -0.25) is 9.59 Å². The number of nitrogens with zero attached hydrogens (tertiary/aromatic N) is 1. The lowest BCUT2D eigenvalue weighted by molar-refractivity contribution is -0.201. The lowest BCUT2D eigenvalue weighted by atomic mass is 9.77. The fourth-order valence-electron chi connectivity index (χ4n) is 3.25. The van der Waals surface area contributed by atoms with E-state index in [9.17, 15) is 22.8 Å². The minimum Gasteiger partial charge on any atom is -0.368 e. The van der Waals surface area contributed by atoms with Gasteiger partial charge in [0.05, 0.1) is 5.92 Å². The Bertz CT molecular complexity index is 414. The fourth-order valence-corrected chi connectivity index (χ4v) is 3.25. The Morgan fingerprint density at radius 2 is 1.86 bits per heavy atom. The number of hydrogen-bond donors (Lipinski definition) is 2. The SMILES string of the molecule is NC(=O)C1CNCCN1C(=O)C1CCCCC1C(F)(F)F. The number of piperazine rings is 1. The first-order valence-corrected chi connectivity index (χ1v) is 7.19. The molecule has 21 heavy (non-hydrogen) atoms. The zero-order chi connectivity index (χ0) is 15.6. The van der Waals surface area contributed by atoms with Crippen molar-refractivity contribution in [2.75, 3.05) is 19.6 Å². The first-order chi connectivity index (χ1) is 9.82. The van der Waals surface area contributed by atoms with E-state index >= 15 is 0 Å². The standard InChI is InChI=1S/C13H20F3N3O2/c14-13(15,16)9-4-2-1-3-8(9)12(21)19-6-5-18-7-10(19)11(17)20/h8-10,18H,1-7H2,(H2,17,20). The van der Waals surface area contributed by atoms with Gasteiger partial charge in [-0.1, -0.05) is 12.8 Å². The van der Waals surface area contributed by atoms with E-state index in [-0.39, 0.29) is 25.9 Å². The summed E-state index contributed by atoms with van der Waals surface area (Å²) in [7, 11) is 0. The monoisotopic (exact) mass is 307 g/mol. The van der Waals surface area contributed by atoms with Crippen molar-refractivity contribution in [1.29, 1.82) is 0 Å². The van der Waals surface area contributed by atoms with Gasteiger partial charge in [-0.05, 0) is 12.8 Å². The highest BCUT2D eigenvalue weighted by atomic mass is 19.4. The number of halogens is 3. The van der Waals surface area contributed by atoms with Crippen LogP contribution in [-0.4, -0.2) is 48.6 Å². The highest BCUT2D eigenvalue weighted by molar-refractivity contribution is 5.88. The Hall–Kier alpha value is -1.31. The molecule has 8 heteroatoms. The van der Waals surface area contributed by atoms with Crippen molar-refractivity contribution >= 4 is 11.8 Å². The number of nitrogens with two attached hydrogens (primary N) is 1. The van der Waals surface area contributed by atoms with Crippen LogP contribution in [0.2, 0.25) is 0 Å². The highest BCUT2D eigenvalue weighted by Gasteiger charge is 2.50. The molecule has 3 N–H and O–H groups in total. The molecule has 1 saturated carbocycles. The van der Waals surface area contributed by atoms with Crippen LogP contribution in [0.3, 0.4) is 0 Å². The van der Waals surface area contributed by atoms with Gasteiger partial charge in [-0.15, -0.1) is 0 Å². The predicted molar refractivity (Wildman–Crippen MR) is 69.1 cm³/mol. The van der Waals surface area contributed by atoms with E-state index in [4.69, 9.17) is 5.73 Å². The second-order valence-corrected chi connectivity index (χ2v) is 5.69. The second-order valence-electron chi connectivity index (χ2n) is 5.69. The van der Waals surface area contributed by atoms with Crippen LogP contribution in [-0.2, 0) is 9.59 Å². The van der Waals surface area contributed by atoms with Crippen LogP contribution in [0.25, 0.3) is 0 Å². The van der Waals surface area contributed by atoms with Gasteiger partial charge >= 0.3 is 6.18 Å². The molecule has 120 valence electrons. The van der Waals surface area contributed by atoms with E-state index < -0.39 is 35.9 Å². The van der Waals surface area contributed by atoms with Crippen molar-refractivity contribution in [3.8, 4) is 0 Å². The van der Waals surface area contributed by atoms with Gasteiger partial charge in [0.15, 0.2) is 0 Å². The van der Waals surface area contributed by atoms with E-state index in [1.54, 1.807) is 0 Å². The molecule has 2 fully saturated rings. The molecule has 3 unspecified atom stereocenters. The predicted octanol–water partition coefficient (Wildman–Crippen LogP) is 0.641. The maximum Gasteiger partial charge on any atom is 0.392 e. The summed E-state index contributed by atoms with van der Waals surface area (Å²) < 4.78 is 39.3. The first kappa shape index (κ1) is 16.1. The number of rotatable bonds is 2. The van der Waals surface area contributed by atoms with E-state index in [1.807, 2.05) is 0 Å². The van der Waals surface area contributed by atoms with Crippen molar-refractivity contribution < 1.29 is 22.8 Å². The van der Waals surface area contributed by atoms with Gasteiger partial charge in [0.25, 0.3) is 0 Å². The molecule has 0 bridgehead atoms. The van der Waals surface area contributed by atoms with Gasteiger partial charge in [-0.25, -0.2) is 0 Å². The maximum absolute atomic E-state index is 13.1. The minimum absolute atomic E-state index is 0.0206. The topological polar surface area (TPSA) is 75.4 Å². The number of primary amides is 1. The van der Waals surface area contributed by atoms with Crippen LogP contribution >= 0.6 is 0 Å². The van der Waals surface area contributed by atoms with Crippen LogP contribution in [0.5, 0.6) is 0 Å². The molecule has 2 amide bonds. The molecule has 1 aliphatic carbocycles. The van der Waals surface area contributed by atoms with Gasteiger partial charge in [-0.2, -0.15) is 13.2 Å². The van der Waals surface area contributed by atoms with Crippen LogP contribution in [0.1, 0.15) is 25.7 Å². The van der Waals surface area contributed by atoms with Crippen LogP contribution < -0.4 is 11.1 Å². The van der Waals surface area contributed by atoms with Crippen molar-refractivity contribution in [1.82, 2.24) is 10.2 Å². The molecule has 0 aromatic carbocycles. The van der Waals surface area contributed by atoms with Crippen molar-refractivity contribution in [3.63, 3.8) is 0 Å². The number of nitrogens with one attached hydrogen (secondary N) is 1. The number of carbonyl (C=O) groups excluding carboxylic acids is 2. The molecule has 3 atom stereocenters. The lowest BCUT2D eigenvalue weighted by Crippen LogP contribution is -2.60. The summed E-state index contributed by atoms with van der Waals surface area (Å²) in [4.78, 5) is 25.1. The van der Waals surface area contributed by atoms with Gasteiger partial charge in [0.2, 0.25) is 11.8 Å². The Kier molecular flexibility index (Phi) is 4.75. The van der Waals surface area contributed by atoms with Crippen molar-refractivity contribution in [2.24, 2.45) is 17.6 Å². The average Bonchev–Trinajstić information content (AvgIpc) is 2.45. The van der Waals surface area contributed by atoms with Gasteiger partial charge in [0, 0.05) is 25.6 Å². The lowest BCUT2D eigenvalue weighted by Gasteiger charge is -2.40. The summed E-state index contributed by atoms with van der Waals surface area (Å²) in [5, 5.41) is 2.93. The van der Waals surface area contributed by atoms with E-state index in [0.29, 0.717) is 19.4 Å². The molecule has 0 aromatic heterocycles. The van der Waals surface area contributed by atoms with Crippen LogP contribution in [0, 0.1) is 11.8 Å². The zero-order valence-corrected chi connectivity index (χ0v) is 11.7. The quantitative estimate of drug-likeness (QED) is 0.786. The molecule has 2 aliphatic rings. The smallest absolute Gasteiger partial charge is 0.368 e. The highest BCUT2D eigenvalue weighted by Crippen LogP contribution is 2.42. The van der Waals surface area contributed by atoms with E-state index in [1.165, 1.54) is 4.90 Å². The number of hydrogen-bond acceptors (Lipinski definition) is 3.